The summed E-state index contributed by atoms with van der Waals surface area (Å²) in [5.74, 6) is -2.78. The molecule has 9 heteroatoms. The van der Waals surface area contributed by atoms with E-state index in [0.717, 1.165) is 16.7 Å². The van der Waals surface area contributed by atoms with E-state index < -0.39 is 35.0 Å². The van der Waals surface area contributed by atoms with E-state index in [-0.39, 0.29) is 35.8 Å². The smallest absolute Gasteiger partial charge is 0.241 e. The predicted octanol–water partition coefficient (Wildman–Crippen LogP) is 7.02. The third kappa shape index (κ3) is 5.05. The summed E-state index contributed by atoms with van der Waals surface area (Å²) in [4.78, 5) is 59.9. The molecule has 4 aromatic carbocycles. The molecular formula is C43H38N2O7. The van der Waals surface area contributed by atoms with Crippen LogP contribution < -0.4 is 19.3 Å². The van der Waals surface area contributed by atoms with Crippen molar-refractivity contribution in [2.24, 2.45) is 29.1 Å². The largest absolute Gasteiger partial charge is 0.508 e. The standard InChI is InChI=1S/C43H38N2O7/c1-43-35(40(48)45(42(43)50)28-9-5-4-6-10-28)24-34-32(38(43)27-8-7-11-30(46)22-27)19-20-33-37(34)41(49)44(39(33)47)29-16-13-25(14-17-29)12-15-26-23-31(51-2)18-21-36(26)52-3/h4-19,21-23,33-35,37-38,46H,20,24H2,1-3H3/t33-,34+,35-,37-,38-,43+/m0/s1. The minimum atomic E-state index is -1.17. The number of nitrogens with zero attached hydrogens (tertiary/aromatic N) is 2. The Morgan fingerprint density at radius 2 is 1.50 bits per heavy atom. The molecule has 6 atom stereocenters. The van der Waals surface area contributed by atoms with Crippen molar-refractivity contribution in [3.05, 3.63) is 125 Å². The molecule has 1 N–H and O–H groups in total. The number of imide groups is 2. The summed E-state index contributed by atoms with van der Waals surface area (Å²) in [6, 6.07) is 28.5. The molecule has 262 valence electrons. The van der Waals surface area contributed by atoms with Crippen molar-refractivity contribution in [3.63, 3.8) is 0 Å². The number of carbonyl (C=O) groups excluding carboxylic acids is 4. The maximum atomic E-state index is 14.5. The second kappa shape index (κ2) is 12.7. The third-order valence-corrected chi connectivity index (χ3v) is 11.5. The van der Waals surface area contributed by atoms with E-state index in [9.17, 15) is 24.3 Å². The second-order valence-electron chi connectivity index (χ2n) is 14.1. The van der Waals surface area contributed by atoms with Gasteiger partial charge in [-0.2, -0.15) is 0 Å². The number of para-hydroxylation sites is 1. The minimum absolute atomic E-state index is 0.0463. The average molecular weight is 695 g/mol. The van der Waals surface area contributed by atoms with Crippen molar-refractivity contribution in [1.82, 2.24) is 0 Å². The summed E-state index contributed by atoms with van der Waals surface area (Å²) in [5.41, 5.74) is 3.08. The Morgan fingerprint density at radius 3 is 2.21 bits per heavy atom. The lowest BCUT2D eigenvalue weighted by atomic mass is 9.51. The first-order chi connectivity index (χ1) is 25.1. The van der Waals surface area contributed by atoms with Crippen LogP contribution in [-0.2, 0) is 19.2 Å². The number of carbonyl (C=O) groups is 4. The predicted molar refractivity (Wildman–Crippen MR) is 197 cm³/mol. The lowest BCUT2D eigenvalue weighted by Crippen LogP contribution is -2.48. The van der Waals surface area contributed by atoms with E-state index >= 15 is 0 Å². The van der Waals surface area contributed by atoms with Crippen molar-refractivity contribution in [1.29, 1.82) is 0 Å². The quantitative estimate of drug-likeness (QED) is 0.126. The van der Waals surface area contributed by atoms with E-state index in [1.54, 1.807) is 68.8 Å². The monoisotopic (exact) mass is 694 g/mol. The number of anilines is 2. The zero-order valence-corrected chi connectivity index (χ0v) is 29.1. The van der Waals surface area contributed by atoms with Crippen LogP contribution in [0.25, 0.3) is 12.2 Å². The van der Waals surface area contributed by atoms with Crippen LogP contribution in [0.5, 0.6) is 17.2 Å². The normalized spacial score (nSPS) is 26.7. The Bertz CT molecular complexity index is 2180. The first-order valence-corrected chi connectivity index (χ1v) is 17.5. The Labute approximate surface area is 301 Å². The molecule has 0 unspecified atom stereocenters. The van der Waals surface area contributed by atoms with E-state index in [2.05, 4.69) is 0 Å². The minimum Gasteiger partial charge on any atom is -0.508 e. The Kier molecular flexibility index (Phi) is 8.09. The summed E-state index contributed by atoms with van der Waals surface area (Å²) in [5, 5.41) is 10.6. The molecule has 4 amide bonds. The molecule has 52 heavy (non-hydrogen) atoms. The number of ether oxygens (including phenoxy) is 2. The fraction of sp³-hybridized carbons (Fsp3) is 0.256. The van der Waals surface area contributed by atoms with Crippen LogP contribution in [0.4, 0.5) is 11.4 Å². The molecule has 0 bridgehead atoms. The Morgan fingerprint density at radius 1 is 0.750 bits per heavy atom. The highest BCUT2D eigenvalue weighted by atomic mass is 16.5. The van der Waals surface area contributed by atoms with Gasteiger partial charge in [-0.1, -0.05) is 66.3 Å². The fourth-order valence-corrected chi connectivity index (χ4v) is 9.07. The van der Waals surface area contributed by atoms with E-state index in [4.69, 9.17) is 9.47 Å². The zero-order valence-electron chi connectivity index (χ0n) is 29.1. The fourth-order valence-electron chi connectivity index (χ4n) is 9.07. The molecule has 2 aliphatic heterocycles. The molecule has 0 spiro atoms. The highest BCUT2D eigenvalue weighted by Crippen LogP contribution is 2.63. The first-order valence-electron chi connectivity index (χ1n) is 17.5. The van der Waals surface area contributed by atoms with Gasteiger partial charge in [-0.15, -0.1) is 0 Å². The number of allylic oxidation sites excluding steroid dienone is 2. The summed E-state index contributed by atoms with van der Waals surface area (Å²) >= 11 is 0. The molecule has 9 nitrogen and oxygen atoms in total. The molecule has 2 heterocycles. The van der Waals surface area contributed by atoms with Crippen LogP contribution in [0.15, 0.2) is 109 Å². The van der Waals surface area contributed by atoms with Gasteiger partial charge in [0.15, 0.2) is 0 Å². The summed E-state index contributed by atoms with van der Waals surface area (Å²) < 4.78 is 10.8. The first kappa shape index (κ1) is 33.2. The zero-order chi connectivity index (χ0) is 36.3. The van der Waals surface area contributed by atoms with Gasteiger partial charge < -0.3 is 14.6 Å². The Hall–Kier alpha value is -5.96. The SMILES string of the molecule is COc1ccc(OC)c(C=Cc2ccc(N3C(=O)[C@H]4[C@H](CC=C5[C@H]4C[C@H]4C(=O)N(c6ccccc6)C(=O)[C@@]4(C)[C@H]5c4cccc(O)c4)C3=O)cc2)c1. The highest BCUT2D eigenvalue weighted by molar-refractivity contribution is 6.25. The van der Waals surface area contributed by atoms with Crippen molar-refractivity contribution in [2.75, 3.05) is 24.0 Å². The molecule has 3 fully saturated rings. The van der Waals surface area contributed by atoms with Gasteiger partial charge in [-0.25, -0.2) is 4.90 Å². The van der Waals surface area contributed by atoms with Crippen LogP contribution in [0.1, 0.15) is 42.4 Å². The summed E-state index contributed by atoms with van der Waals surface area (Å²) in [6.07, 6.45) is 6.45. The van der Waals surface area contributed by atoms with Gasteiger partial charge in [0.2, 0.25) is 23.6 Å². The number of benzene rings is 4. The highest BCUT2D eigenvalue weighted by Gasteiger charge is 2.67. The second-order valence-corrected chi connectivity index (χ2v) is 14.1. The molecule has 2 saturated heterocycles. The van der Waals surface area contributed by atoms with Crippen molar-refractivity contribution in [3.8, 4) is 17.2 Å². The molecule has 0 radical (unpaired) electrons. The molecule has 0 aromatic heterocycles. The molecule has 4 aliphatic rings. The average Bonchev–Trinajstić information content (AvgIpc) is 3.53. The van der Waals surface area contributed by atoms with Gasteiger partial charge in [0.25, 0.3) is 0 Å². The van der Waals surface area contributed by atoms with Crippen LogP contribution in [0.3, 0.4) is 0 Å². The van der Waals surface area contributed by atoms with Gasteiger partial charge in [0.05, 0.1) is 48.8 Å². The van der Waals surface area contributed by atoms with Crippen molar-refractivity contribution >= 4 is 47.2 Å². The molecule has 8 rings (SSSR count). The molecular weight excluding hydrogens is 656 g/mol. The van der Waals surface area contributed by atoms with E-state index in [0.29, 0.717) is 34.9 Å². The lowest BCUT2D eigenvalue weighted by molar-refractivity contribution is -0.131. The van der Waals surface area contributed by atoms with Crippen molar-refractivity contribution in [2.45, 2.75) is 25.7 Å². The number of hydrogen-bond acceptors (Lipinski definition) is 7. The number of methoxy groups -OCH3 is 2. The number of phenols is 1. The summed E-state index contributed by atoms with van der Waals surface area (Å²) in [7, 11) is 3.21. The number of aromatic hydroxyl groups is 1. The van der Waals surface area contributed by atoms with Gasteiger partial charge in [-0.3, -0.25) is 24.1 Å². The maximum absolute atomic E-state index is 14.5. The van der Waals surface area contributed by atoms with Crippen LogP contribution in [0, 0.1) is 29.1 Å². The summed E-state index contributed by atoms with van der Waals surface area (Å²) in [6.45, 7) is 1.84. The molecule has 2 aliphatic carbocycles. The molecule has 1 saturated carbocycles. The number of phenolic OH excluding ortho intramolecular Hbond substituents is 1. The Balaban J connectivity index is 1.12. The van der Waals surface area contributed by atoms with Gasteiger partial charge in [-0.05, 0) is 91.4 Å². The van der Waals surface area contributed by atoms with Gasteiger partial charge in [0.1, 0.15) is 17.2 Å². The third-order valence-electron chi connectivity index (χ3n) is 11.5. The van der Waals surface area contributed by atoms with Crippen LogP contribution in [-0.4, -0.2) is 43.0 Å². The van der Waals surface area contributed by atoms with Gasteiger partial charge in [0, 0.05) is 11.5 Å². The van der Waals surface area contributed by atoms with Crippen LogP contribution >= 0.6 is 0 Å². The van der Waals surface area contributed by atoms with E-state index in [1.165, 1.54) is 9.80 Å². The van der Waals surface area contributed by atoms with Crippen molar-refractivity contribution < 1.29 is 33.8 Å². The topological polar surface area (TPSA) is 113 Å². The number of rotatable bonds is 7. The number of amides is 4. The van der Waals surface area contributed by atoms with Gasteiger partial charge >= 0.3 is 0 Å². The maximum Gasteiger partial charge on any atom is 0.241 e. The lowest BCUT2D eigenvalue weighted by Gasteiger charge is -2.49. The molecule has 4 aromatic rings. The van der Waals surface area contributed by atoms with E-state index in [1.807, 2.05) is 67.6 Å². The number of fused-ring (bicyclic) bond motifs is 4. The van der Waals surface area contributed by atoms with Crippen LogP contribution in [0.2, 0.25) is 0 Å². The number of hydrogen-bond donors (Lipinski definition) is 1.